The van der Waals surface area contributed by atoms with Gasteiger partial charge in [-0.05, 0) is 30.7 Å². The lowest BCUT2D eigenvalue weighted by molar-refractivity contribution is 0.510. The largest absolute Gasteiger partial charge is 0.408 e. The first-order valence-electron chi connectivity index (χ1n) is 5.24. The Balaban J connectivity index is 2.13. The van der Waals surface area contributed by atoms with Gasteiger partial charge in [0.15, 0.2) is 0 Å². The van der Waals surface area contributed by atoms with E-state index in [1.54, 1.807) is 0 Å². The van der Waals surface area contributed by atoms with Gasteiger partial charge in [0.1, 0.15) is 0 Å². The molecule has 0 amide bonds. The zero-order valence-electron chi connectivity index (χ0n) is 9.40. The fourth-order valence-electron chi connectivity index (χ4n) is 1.41. The van der Waals surface area contributed by atoms with Crippen molar-refractivity contribution in [2.75, 3.05) is 11.9 Å². The average Bonchev–Trinajstić information content (AvgIpc) is 2.71. The molecule has 0 aliphatic heterocycles. The minimum atomic E-state index is 0.388. The fourth-order valence-corrected chi connectivity index (χ4v) is 1.89. The third-order valence-corrected chi connectivity index (χ3v) is 2.75. The lowest BCUT2D eigenvalue weighted by Crippen LogP contribution is -2.02. The van der Waals surface area contributed by atoms with E-state index >= 15 is 0 Å². The van der Waals surface area contributed by atoms with Gasteiger partial charge >= 0.3 is 6.01 Å². The van der Waals surface area contributed by atoms with Crippen LogP contribution in [0, 0.1) is 6.92 Å². The van der Waals surface area contributed by atoms with Gasteiger partial charge in [-0.2, -0.15) is 0 Å². The molecule has 1 heterocycles. The molecule has 0 saturated carbocycles. The summed E-state index contributed by atoms with van der Waals surface area (Å²) < 4.78 is 6.43. The molecule has 0 bridgehead atoms. The van der Waals surface area contributed by atoms with E-state index < -0.39 is 0 Å². The van der Waals surface area contributed by atoms with E-state index in [0.29, 0.717) is 24.9 Å². The minimum absolute atomic E-state index is 0.388. The van der Waals surface area contributed by atoms with Gasteiger partial charge in [-0.15, -0.1) is 5.10 Å². The van der Waals surface area contributed by atoms with E-state index in [9.17, 15) is 0 Å². The molecule has 2 rings (SSSR count). The van der Waals surface area contributed by atoms with Crippen molar-refractivity contribution < 1.29 is 4.42 Å². The molecule has 3 N–H and O–H groups in total. The van der Waals surface area contributed by atoms with Crippen molar-refractivity contribution in [3.05, 3.63) is 34.1 Å². The molecule has 0 saturated heterocycles. The van der Waals surface area contributed by atoms with Gasteiger partial charge in [-0.3, -0.25) is 0 Å². The maximum Gasteiger partial charge on any atom is 0.320 e. The monoisotopic (exact) mass is 296 g/mol. The molecular formula is C11H13BrN4O. The summed E-state index contributed by atoms with van der Waals surface area (Å²) in [5.74, 6) is 0.546. The van der Waals surface area contributed by atoms with Crippen LogP contribution in [0.1, 0.15) is 11.5 Å². The first kappa shape index (κ1) is 12.1. The Hall–Kier alpha value is -1.40. The van der Waals surface area contributed by atoms with E-state index in [4.69, 9.17) is 10.2 Å². The van der Waals surface area contributed by atoms with Crippen LogP contribution >= 0.6 is 15.9 Å². The highest BCUT2D eigenvalue weighted by atomic mass is 79.9. The topological polar surface area (TPSA) is 77.0 Å². The van der Waals surface area contributed by atoms with Crippen molar-refractivity contribution in [1.29, 1.82) is 0 Å². The van der Waals surface area contributed by atoms with Crippen molar-refractivity contribution >= 4 is 27.6 Å². The van der Waals surface area contributed by atoms with Crippen LogP contribution in [0.3, 0.4) is 0 Å². The predicted molar refractivity (Wildman–Crippen MR) is 69.2 cm³/mol. The Morgan fingerprint density at radius 3 is 2.94 bits per heavy atom. The Labute approximate surface area is 108 Å². The molecular weight excluding hydrogens is 284 g/mol. The number of anilines is 2. The summed E-state index contributed by atoms with van der Waals surface area (Å²) in [7, 11) is 0. The number of aromatic nitrogens is 2. The number of hydrogen-bond donors (Lipinski definition) is 2. The zero-order valence-corrected chi connectivity index (χ0v) is 11.0. The third-order valence-electron chi connectivity index (χ3n) is 2.26. The number of aryl methyl sites for hydroxylation is 1. The number of nitrogens with zero attached hydrogens (tertiary/aromatic N) is 2. The SMILES string of the molecule is Cc1cc(Br)ccc1Nc1nnc(CCN)o1. The molecule has 17 heavy (non-hydrogen) atoms. The number of nitrogens with two attached hydrogens (primary N) is 1. The third kappa shape index (κ3) is 3.04. The second-order valence-electron chi connectivity index (χ2n) is 3.62. The smallest absolute Gasteiger partial charge is 0.320 e. The summed E-state index contributed by atoms with van der Waals surface area (Å²) in [4.78, 5) is 0. The molecule has 0 aliphatic rings. The van der Waals surface area contributed by atoms with E-state index in [1.807, 2.05) is 25.1 Å². The van der Waals surface area contributed by atoms with Gasteiger partial charge in [0.2, 0.25) is 5.89 Å². The number of hydrogen-bond acceptors (Lipinski definition) is 5. The van der Waals surface area contributed by atoms with Crippen LogP contribution < -0.4 is 11.1 Å². The van der Waals surface area contributed by atoms with Crippen molar-refractivity contribution in [2.45, 2.75) is 13.3 Å². The molecule has 90 valence electrons. The lowest BCUT2D eigenvalue weighted by Gasteiger charge is -2.05. The van der Waals surface area contributed by atoms with Gasteiger partial charge in [0.05, 0.1) is 0 Å². The van der Waals surface area contributed by atoms with Crippen LogP contribution in [0.15, 0.2) is 27.1 Å². The summed E-state index contributed by atoms with van der Waals surface area (Å²) in [5, 5.41) is 10.9. The molecule has 5 nitrogen and oxygen atoms in total. The van der Waals surface area contributed by atoms with Gasteiger partial charge in [0.25, 0.3) is 0 Å². The average molecular weight is 297 g/mol. The summed E-state index contributed by atoms with van der Waals surface area (Å²) in [6.07, 6.45) is 0.591. The maximum absolute atomic E-state index is 5.41. The summed E-state index contributed by atoms with van der Waals surface area (Å²) >= 11 is 3.41. The maximum atomic E-state index is 5.41. The molecule has 0 spiro atoms. The van der Waals surface area contributed by atoms with Crippen LogP contribution in [0.5, 0.6) is 0 Å². The van der Waals surface area contributed by atoms with E-state index in [1.165, 1.54) is 0 Å². The minimum Gasteiger partial charge on any atom is -0.408 e. The van der Waals surface area contributed by atoms with Crippen molar-refractivity contribution in [3.8, 4) is 0 Å². The van der Waals surface area contributed by atoms with Gasteiger partial charge in [0, 0.05) is 23.1 Å². The molecule has 0 fully saturated rings. The van der Waals surface area contributed by atoms with E-state index in [-0.39, 0.29) is 0 Å². The number of rotatable bonds is 4. The highest BCUT2D eigenvalue weighted by Gasteiger charge is 2.06. The summed E-state index contributed by atoms with van der Waals surface area (Å²) in [6.45, 7) is 2.50. The van der Waals surface area contributed by atoms with Crippen molar-refractivity contribution in [2.24, 2.45) is 5.73 Å². The first-order valence-corrected chi connectivity index (χ1v) is 6.04. The van der Waals surface area contributed by atoms with Crippen molar-refractivity contribution in [1.82, 2.24) is 10.2 Å². The quantitative estimate of drug-likeness (QED) is 0.906. The van der Waals surface area contributed by atoms with Crippen LogP contribution in [-0.2, 0) is 6.42 Å². The second-order valence-corrected chi connectivity index (χ2v) is 4.54. The van der Waals surface area contributed by atoms with E-state index in [0.717, 1.165) is 15.7 Å². The molecule has 1 aromatic carbocycles. The second kappa shape index (κ2) is 5.29. The molecule has 1 aromatic heterocycles. The normalized spacial score (nSPS) is 10.5. The molecule has 0 unspecified atom stereocenters. The summed E-state index contributed by atoms with van der Waals surface area (Å²) in [5.41, 5.74) is 7.45. The van der Waals surface area contributed by atoms with E-state index in [2.05, 4.69) is 31.4 Å². The molecule has 2 aromatic rings. The van der Waals surface area contributed by atoms with Crippen molar-refractivity contribution in [3.63, 3.8) is 0 Å². The van der Waals surface area contributed by atoms with Crippen LogP contribution in [-0.4, -0.2) is 16.7 Å². The van der Waals surface area contributed by atoms with Gasteiger partial charge in [-0.25, -0.2) is 0 Å². The number of nitrogens with one attached hydrogen (secondary N) is 1. The zero-order chi connectivity index (χ0) is 12.3. The number of benzene rings is 1. The number of halogens is 1. The highest BCUT2D eigenvalue weighted by molar-refractivity contribution is 9.10. The Morgan fingerprint density at radius 1 is 1.41 bits per heavy atom. The first-order chi connectivity index (χ1) is 8.19. The molecule has 0 radical (unpaired) electrons. The van der Waals surface area contributed by atoms with Gasteiger partial charge in [-0.1, -0.05) is 21.0 Å². The Bertz CT molecular complexity index is 512. The van der Waals surface area contributed by atoms with Gasteiger partial charge < -0.3 is 15.5 Å². The van der Waals surface area contributed by atoms with Crippen LogP contribution in [0.25, 0.3) is 0 Å². The van der Waals surface area contributed by atoms with Crippen LogP contribution in [0.2, 0.25) is 0 Å². The standard InChI is InChI=1S/C11H13BrN4O/c1-7-6-8(12)2-3-9(7)14-11-16-15-10(17-11)4-5-13/h2-3,6H,4-5,13H2,1H3,(H,14,16). The Morgan fingerprint density at radius 2 is 2.24 bits per heavy atom. The Kier molecular flexibility index (Phi) is 3.75. The molecule has 0 aliphatic carbocycles. The van der Waals surface area contributed by atoms with Crippen LogP contribution in [0.4, 0.5) is 11.7 Å². The lowest BCUT2D eigenvalue weighted by atomic mass is 10.2. The predicted octanol–water partition coefficient (Wildman–Crippen LogP) is 2.39. The molecule has 6 heteroatoms. The fraction of sp³-hybridized carbons (Fsp3) is 0.273. The highest BCUT2D eigenvalue weighted by Crippen LogP contribution is 2.23. The molecule has 0 atom stereocenters. The summed E-state index contributed by atoms with van der Waals surface area (Å²) in [6, 6.07) is 6.30.